The van der Waals surface area contributed by atoms with Gasteiger partial charge in [-0.15, -0.1) is 0 Å². The van der Waals surface area contributed by atoms with E-state index in [1.165, 1.54) is 19.1 Å². The van der Waals surface area contributed by atoms with E-state index in [9.17, 15) is 19.5 Å². The van der Waals surface area contributed by atoms with Gasteiger partial charge >= 0.3 is 0 Å². The molecule has 0 aliphatic heterocycles. The van der Waals surface area contributed by atoms with Crippen LogP contribution in [0.5, 0.6) is 5.75 Å². The van der Waals surface area contributed by atoms with Crippen LogP contribution in [0.2, 0.25) is 5.02 Å². The molecule has 0 fully saturated rings. The van der Waals surface area contributed by atoms with Crippen LogP contribution in [-0.4, -0.2) is 54.2 Å². The molecule has 1 atom stereocenters. The number of benzene rings is 3. The first-order valence-electron chi connectivity index (χ1n) is 14.2. The number of ether oxygens (including phenoxy) is 1. The highest BCUT2D eigenvalue weighted by molar-refractivity contribution is 6.67. The van der Waals surface area contributed by atoms with Gasteiger partial charge in [-0.3, -0.25) is 14.4 Å². The van der Waals surface area contributed by atoms with Crippen molar-refractivity contribution >= 4 is 57.7 Å². The first kappa shape index (κ1) is 33.3. The third-order valence-corrected chi connectivity index (χ3v) is 7.15. The highest BCUT2D eigenvalue weighted by Gasteiger charge is 2.22. The Balaban J connectivity index is 1.79. The van der Waals surface area contributed by atoms with Gasteiger partial charge in [0.1, 0.15) is 5.75 Å². The number of halogens is 1. The molecule has 228 valence electrons. The van der Waals surface area contributed by atoms with Crippen LogP contribution >= 0.6 is 11.6 Å². The van der Waals surface area contributed by atoms with Gasteiger partial charge in [0.25, 0.3) is 11.8 Å². The molecular formula is C33H39ClN4O5. The van der Waals surface area contributed by atoms with Crippen molar-refractivity contribution in [2.75, 3.05) is 35.2 Å². The zero-order valence-electron chi connectivity index (χ0n) is 25.5. The number of aryl methyl sites for hydroxylation is 3. The van der Waals surface area contributed by atoms with Crippen LogP contribution < -0.4 is 20.3 Å². The predicted octanol–water partition coefficient (Wildman–Crippen LogP) is 6.18. The predicted molar refractivity (Wildman–Crippen MR) is 173 cm³/mol. The van der Waals surface area contributed by atoms with Gasteiger partial charge in [0.05, 0.1) is 23.0 Å². The van der Waals surface area contributed by atoms with E-state index < -0.39 is 17.8 Å². The van der Waals surface area contributed by atoms with E-state index in [2.05, 4.69) is 15.6 Å². The Morgan fingerprint density at radius 3 is 2.33 bits per heavy atom. The molecule has 0 bridgehead atoms. The average molecular weight is 607 g/mol. The average Bonchev–Trinajstić information content (AvgIpc) is 2.96. The second-order valence-corrected chi connectivity index (χ2v) is 10.6. The first-order valence-corrected chi connectivity index (χ1v) is 14.6. The molecule has 3 aromatic rings. The van der Waals surface area contributed by atoms with E-state index in [1.54, 1.807) is 12.1 Å². The number of rotatable bonds is 13. The smallest absolute Gasteiger partial charge is 0.278 e. The summed E-state index contributed by atoms with van der Waals surface area (Å²) in [6.07, 6.45) is -0.304. The maximum Gasteiger partial charge on any atom is 0.278 e. The van der Waals surface area contributed by atoms with Crippen LogP contribution in [-0.2, 0) is 14.4 Å². The minimum atomic E-state index is -0.741. The van der Waals surface area contributed by atoms with Crippen LogP contribution in [0.15, 0.2) is 59.6 Å². The molecule has 0 heterocycles. The summed E-state index contributed by atoms with van der Waals surface area (Å²) in [5.74, 6) is -0.981. The number of Topliss-reactive ketones (excluding diaryl/α,β-unsaturated/α-hetero) is 1. The Labute approximate surface area is 257 Å². The minimum absolute atomic E-state index is 0.0228. The Kier molecular flexibility index (Phi) is 11.9. The summed E-state index contributed by atoms with van der Waals surface area (Å²) in [6.45, 7) is 12.1. The Bertz CT molecular complexity index is 1520. The van der Waals surface area contributed by atoms with Gasteiger partial charge in [-0.2, -0.15) is 0 Å². The van der Waals surface area contributed by atoms with Crippen molar-refractivity contribution in [2.45, 2.75) is 54.1 Å². The standard InChI is InChI=1S/C33H39ClN4O5/c1-7-29(43-30-14-9-20(3)17-22(30)5)32(41)35-24-10-12-26(34)28(19-24)37-33(42)31(23(6)40)36-27-13-11-25(18-21(27)4)38(8-2)15-16-39/h9-14,17-19,29,39H,7-8,15-16H2,1-6H3,(H,35,41)(H,37,42). The van der Waals surface area contributed by atoms with Gasteiger partial charge in [-0.05, 0) is 87.7 Å². The van der Waals surface area contributed by atoms with Crippen LogP contribution in [0.25, 0.3) is 0 Å². The number of ketones is 1. The molecule has 0 saturated carbocycles. The fourth-order valence-corrected chi connectivity index (χ4v) is 4.64. The molecule has 9 nitrogen and oxygen atoms in total. The van der Waals surface area contributed by atoms with Gasteiger partial charge in [0, 0.05) is 31.4 Å². The van der Waals surface area contributed by atoms with Gasteiger partial charge in [-0.1, -0.05) is 36.2 Å². The number of nitrogens with one attached hydrogen (secondary N) is 2. The zero-order chi connectivity index (χ0) is 31.7. The van der Waals surface area contributed by atoms with Gasteiger partial charge in [0.15, 0.2) is 17.6 Å². The summed E-state index contributed by atoms with van der Waals surface area (Å²) in [5, 5.41) is 15.0. The lowest BCUT2D eigenvalue weighted by atomic mass is 10.1. The lowest BCUT2D eigenvalue weighted by Crippen LogP contribution is -2.32. The molecule has 0 aromatic heterocycles. The van der Waals surface area contributed by atoms with E-state index >= 15 is 0 Å². The molecule has 0 saturated heterocycles. The van der Waals surface area contributed by atoms with Gasteiger partial charge in [0.2, 0.25) is 0 Å². The number of aliphatic hydroxyl groups is 1. The molecule has 0 aliphatic rings. The highest BCUT2D eigenvalue weighted by atomic mass is 35.5. The van der Waals surface area contributed by atoms with Gasteiger partial charge in [-0.25, -0.2) is 4.99 Å². The number of carbonyl (C=O) groups is 3. The summed E-state index contributed by atoms with van der Waals surface area (Å²) in [5.41, 5.74) is 4.46. The number of aliphatic hydroxyl groups excluding tert-OH is 1. The summed E-state index contributed by atoms with van der Waals surface area (Å²) >= 11 is 6.36. The number of carbonyl (C=O) groups excluding carboxylic acids is 3. The third kappa shape index (κ3) is 8.89. The zero-order valence-corrected chi connectivity index (χ0v) is 26.2. The molecule has 3 rings (SSSR count). The number of aliphatic imine (C=N–C) groups is 1. The van der Waals surface area contributed by atoms with E-state index in [4.69, 9.17) is 16.3 Å². The topological polar surface area (TPSA) is 120 Å². The van der Waals surface area contributed by atoms with Crippen molar-refractivity contribution in [3.63, 3.8) is 0 Å². The van der Waals surface area contributed by atoms with Crippen molar-refractivity contribution in [1.29, 1.82) is 0 Å². The largest absolute Gasteiger partial charge is 0.480 e. The maximum atomic E-state index is 13.2. The summed E-state index contributed by atoms with van der Waals surface area (Å²) in [7, 11) is 0. The number of hydrogen-bond donors (Lipinski definition) is 3. The molecule has 2 amide bonds. The highest BCUT2D eigenvalue weighted by Crippen LogP contribution is 2.28. The molecular weight excluding hydrogens is 568 g/mol. The number of anilines is 3. The number of likely N-dealkylation sites (N-methyl/N-ethyl adjacent to an activating group) is 1. The molecule has 3 N–H and O–H groups in total. The SMILES string of the molecule is CCC(Oc1ccc(C)cc1C)C(=O)Nc1ccc(Cl)c(NC(=O)C(=Nc2ccc(N(CC)CCO)cc2C)C(C)=O)c1. The van der Waals surface area contributed by atoms with Crippen molar-refractivity contribution in [1.82, 2.24) is 0 Å². The Morgan fingerprint density at radius 1 is 0.977 bits per heavy atom. The molecule has 1 unspecified atom stereocenters. The number of hydrogen-bond acceptors (Lipinski definition) is 7. The fourth-order valence-electron chi connectivity index (χ4n) is 4.47. The lowest BCUT2D eigenvalue weighted by molar-refractivity contribution is -0.123. The number of nitrogens with zero attached hydrogens (tertiary/aromatic N) is 2. The van der Waals surface area contributed by atoms with E-state index in [0.717, 1.165) is 22.4 Å². The maximum absolute atomic E-state index is 13.2. The molecule has 43 heavy (non-hydrogen) atoms. The van der Waals surface area contributed by atoms with Crippen molar-refractivity contribution in [3.05, 3.63) is 76.3 Å². The molecule has 0 radical (unpaired) electrons. The Morgan fingerprint density at radius 2 is 1.72 bits per heavy atom. The molecule has 10 heteroatoms. The van der Waals surface area contributed by atoms with Crippen LogP contribution in [0.4, 0.5) is 22.7 Å². The Hall–Kier alpha value is -4.21. The molecule has 0 aliphatic carbocycles. The normalized spacial score (nSPS) is 12.0. The van der Waals surface area contributed by atoms with E-state index in [-0.39, 0.29) is 28.9 Å². The summed E-state index contributed by atoms with van der Waals surface area (Å²) < 4.78 is 5.99. The third-order valence-electron chi connectivity index (χ3n) is 6.82. The monoisotopic (exact) mass is 606 g/mol. The molecule has 0 spiro atoms. The van der Waals surface area contributed by atoms with Crippen molar-refractivity contribution < 1.29 is 24.2 Å². The minimum Gasteiger partial charge on any atom is -0.480 e. The van der Waals surface area contributed by atoms with Crippen molar-refractivity contribution in [3.8, 4) is 5.75 Å². The van der Waals surface area contributed by atoms with Crippen LogP contribution in [0.1, 0.15) is 43.9 Å². The van der Waals surface area contributed by atoms with Crippen molar-refractivity contribution in [2.24, 2.45) is 4.99 Å². The van der Waals surface area contributed by atoms with Crippen LogP contribution in [0, 0.1) is 20.8 Å². The lowest BCUT2D eigenvalue weighted by Gasteiger charge is -2.22. The second kappa shape index (κ2) is 15.3. The quantitative estimate of drug-likeness (QED) is 0.158. The second-order valence-electron chi connectivity index (χ2n) is 10.2. The fraction of sp³-hybridized carbons (Fsp3) is 0.333. The van der Waals surface area contributed by atoms with Gasteiger partial charge < -0.3 is 25.4 Å². The summed E-state index contributed by atoms with van der Waals surface area (Å²) in [6, 6.07) is 15.9. The van der Waals surface area contributed by atoms with E-state index in [0.29, 0.717) is 36.6 Å². The summed E-state index contributed by atoms with van der Waals surface area (Å²) in [4.78, 5) is 45.1. The molecule has 3 aromatic carbocycles. The first-order chi connectivity index (χ1) is 20.5. The van der Waals surface area contributed by atoms with Crippen LogP contribution in [0.3, 0.4) is 0 Å². The van der Waals surface area contributed by atoms with E-state index in [1.807, 2.05) is 69.9 Å². The number of amides is 2.